The second-order valence-corrected chi connectivity index (χ2v) is 5.82. The molecule has 0 aromatic rings. The maximum atomic E-state index is 10.0. The number of thiol groups is 1. The van der Waals surface area contributed by atoms with Crippen LogP contribution in [-0.2, 0) is 0 Å². The van der Waals surface area contributed by atoms with E-state index in [0.717, 1.165) is 0 Å². The lowest BCUT2D eigenvalue weighted by Crippen LogP contribution is -2.37. The first-order valence-corrected chi connectivity index (χ1v) is 5.29. The topological polar surface area (TPSA) is 20.2 Å². The van der Waals surface area contributed by atoms with Crippen LogP contribution in [0.5, 0.6) is 0 Å². The zero-order valence-electron chi connectivity index (χ0n) is 8.04. The third kappa shape index (κ3) is 0.717. The van der Waals surface area contributed by atoms with Crippen LogP contribution in [0.1, 0.15) is 33.6 Å². The number of hydrogen-bond acceptors (Lipinski definition) is 2. The molecule has 0 aromatic heterocycles. The predicted octanol–water partition coefficient (Wildman–Crippen LogP) is 2.10. The lowest BCUT2D eigenvalue weighted by atomic mass is 9.70. The Morgan fingerprint density at radius 2 is 1.92 bits per heavy atom. The highest BCUT2D eigenvalue weighted by Crippen LogP contribution is 2.66. The van der Waals surface area contributed by atoms with Gasteiger partial charge < -0.3 is 5.11 Å². The highest BCUT2D eigenvalue weighted by atomic mass is 32.1. The minimum Gasteiger partial charge on any atom is -0.391 e. The van der Waals surface area contributed by atoms with Crippen molar-refractivity contribution in [2.24, 2.45) is 16.7 Å². The Balaban J connectivity index is 2.44. The van der Waals surface area contributed by atoms with Crippen LogP contribution in [0.3, 0.4) is 0 Å². The third-order valence-electron chi connectivity index (χ3n) is 4.76. The number of fused-ring (bicyclic) bond motifs is 2. The zero-order chi connectivity index (χ0) is 9.15. The summed E-state index contributed by atoms with van der Waals surface area (Å²) < 4.78 is 0. The molecule has 2 aliphatic carbocycles. The molecular weight excluding hydrogens is 168 g/mol. The molecule has 1 nitrogen and oxygen atoms in total. The Hall–Kier alpha value is 0.310. The van der Waals surface area contributed by atoms with Gasteiger partial charge in [-0.05, 0) is 29.6 Å². The van der Waals surface area contributed by atoms with Crippen LogP contribution < -0.4 is 0 Å². The molecule has 2 bridgehead atoms. The summed E-state index contributed by atoms with van der Waals surface area (Å²) in [5.74, 6) is 0.612. The maximum absolute atomic E-state index is 10.0. The Kier molecular flexibility index (Phi) is 1.64. The fourth-order valence-corrected chi connectivity index (χ4v) is 4.14. The van der Waals surface area contributed by atoms with Crippen molar-refractivity contribution in [1.29, 1.82) is 0 Å². The fourth-order valence-electron chi connectivity index (χ4n) is 3.29. The van der Waals surface area contributed by atoms with Gasteiger partial charge in [-0.25, -0.2) is 0 Å². The van der Waals surface area contributed by atoms with Crippen LogP contribution in [0.4, 0.5) is 0 Å². The number of aliphatic hydroxyl groups is 1. The molecule has 0 spiro atoms. The van der Waals surface area contributed by atoms with Crippen molar-refractivity contribution < 1.29 is 5.11 Å². The molecule has 2 heteroatoms. The summed E-state index contributed by atoms with van der Waals surface area (Å²) in [4.78, 5) is 0. The molecule has 0 amide bonds. The molecule has 0 heterocycles. The number of rotatable bonds is 0. The van der Waals surface area contributed by atoms with Gasteiger partial charge in [0.15, 0.2) is 0 Å². The van der Waals surface area contributed by atoms with Crippen LogP contribution in [0, 0.1) is 16.7 Å². The van der Waals surface area contributed by atoms with Crippen LogP contribution in [-0.4, -0.2) is 16.5 Å². The highest BCUT2D eigenvalue weighted by molar-refractivity contribution is 7.81. The summed E-state index contributed by atoms with van der Waals surface area (Å²) in [5, 5.41) is 10.2. The van der Waals surface area contributed by atoms with Gasteiger partial charge in [-0.1, -0.05) is 20.8 Å². The first kappa shape index (κ1) is 8.89. The van der Waals surface area contributed by atoms with Gasteiger partial charge in [-0.15, -0.1) is 0 Å². The largest absolute Gasteiger partial charge is 0.391 e. The van der Waals surface area contributed by atoms with Crippen molar-refractivity contribution in [2.45, 2.75) is 45.0 Å². The average molecular weight is 186 g/mol. The lowest BCUT2D eigenvalue weighted by molar-refractivity contribution is 0.0150. The van der Waals surface area contributed by atoms with Crippen molar-refractivity contribution in [3.05, 3.63) is 0 Å². The molecule has 12 heavy (non-hydrogen) atoms. The summed E-state index contributed by atoms with van der Waals surface area (Å²) in [6, 6.07) is 0. The van der Waals surface area contributed by atoms with Gasteiger partial charge in [-0.3, -0.25) is 0 Å². The molecule has 4 atom stereocenters. The van der Waals surface area contributed by atoms with Gasteiger partial charge in [0.25, 0.3) is 0 Å². The molecule has 0 aromatic carbocycles. The normalized spacial score (nSPS) is 56.2. The number of aliphatic hydroxyl groups excluding tert-OH is 1. The summed E-state index contributed by atoms with van der Waals surface area (Å²) >= 11 is 4.51. The minimum atomic E-state index is -0.199. The summed E-state index contributed by atoms with van der Waals surface area (Å²) in [7, 11) is 0. The van der Waals surface area contributed by atoms with Crippen molar-refractivity contribution >= 4 is 12.6 Å². The van der Waals surface area contributed by atoms with E-state index in [1.807, 2.05) is 0 Å². The maximum Gasteiger partial charge on any atom is 0.0717 e. The van der Waals surface area contributed by atoms with Gasteiger partial charge in [0, 0.05) is 5.25 Å². The van der Waals surface area contributed by atoms with E-state index in [9.17, 15) is 5.11 Å². The third-order valence-corrected chi connectivity index (χ3v) is 5.40. The lowest BCUT2D eigenvalue weighted by Gasteiger charge is -2.36. The molecule has 2 fully saturated rings. The van der Waals surface area contributed by atoms with Crippen LogP contribution >= 0.6 is 12.6 Å². The van der Waals surface area contributed by atoms with Gasteiger partial charge >= 0.3 is 0 Å². The zero-order valence-corrected chi connectivity index (χ0v) is 8.94. The molecule has 0 saturated heterocycles. The standard InChI is InChI=1S/C10H18OS/c1-9(2)6-4-5-10(9,3)8(11)7(6)12/h6-8,11-12H,4-5H2,1-3H3/t6-,7-,8-,10+/m1/s1. The van der Waals surface area contributed by atoms with Gasteiger partial charge in [0.2, 0.25) is 0 Å². The van der Waals surface area contributed by atoms with E-state index < -0.39 is 0 Å². The number of hydrogen-bond donors (Lipinski definition) is 2. The van der Waals surface area contributed by atoms with Crippen LogP contribution in [0.25, 0.3) is 0 Å². The fraction of sp³-hybridized carbons (Fsp3) is 1.00. The predicted molar refractivity (Wildman–Crippen MR) is 53.4 cm³/mol. The second kappa shape index (κ2) is 2.21. The van der Waals surface area contributed by atoms with Gasteiger partial charge in [0.1, 0.15) is 0 Å². The summed E-state index contributed by atoms with van der Waals surface area (Å²) in [6.45, 7) is 6.78. The Morgan fingerprint density at radius 1 is 1.33 bits per heavy atom. The van der Waals surface area contributed by atoms with Crippen molar-refractivity contribution in [3.8, 4) is 0 Å². The molecule has 0 unspecified atom stereocenters. The van der Waals surface area contributed by atoms with E-state index in [-0.39, 0.29) is 22.2 Å². The molecule has 0 radical (unpaired) electrons. The van der Waals surface area contributed by atoms with E-state index in [0.29, 0.717) is 5.92 Å². The Bertz CT molecular complexity index is 214. The van der Waals surface area contributed by atoms with Crippen molar-refractivity contribution in [1.82, 2.24) is 0 Å². The van der Waals surface area contributed by atoms with Crippen LogP contribution in [0.15, 0.2) is 0 Å². The highest BCUT2D eigenvalue weighted by Gasteiger charge is 2.64. The van der Waals surface area contributed by atoms with Gasteiger partial charge in [0.05, 0.1) is 6.10 Å². The Labute approximate surface area is 80.0 Å². The second-order valence-electron chi connectivity index (χ2n) is 5.22. The smallest absolute Gasteiger partial charge is 0.0717 e. The van der Waals surface area contributed by atoms with E-state index in [4.69, 9.17) is 0 Å². The summed E-state index contributed by atoms with van der Waals surface area (Å²) in [5.41, 5.74) is 0.392. The molecular formula is C10H18OS. The SMILES string of the molecule is CC1(C)[C@@H]2CC[C@@]1(C)[C@H](O)[C@@H]2S. The van der Waals surface area contributed by atoms with E-state index >= 15 is 0 Å². The molecule has 2 aliphatic rings. The quantitative estimate of drug-likeness (QED) is 0.555. The molecule has 2 saturated carbocycles. The van der Waals surface area contributed by atoms with E-state index in [1.54, 1.807) is 0 Å². The molecule has 0 aliphatic heterocycles. The van der Waals surface area contributed by atoms with Crippen LogP contribution in [0.2, 0.25) is 0 Å². The first-order chi connectivity index (χ1) is 5.41. The molecule has 1 N–H and O–H groups in total. The first-order valence-electron chi connectivity index (χ1n) is 4.77. The van der Waals surface area contributed by atoms with E-state index in [2.05, 4.69) is 33.4 Å². The minimum absolute atomic E-state index is 0.115. The Morgan fingerprint density at radius 3 is 2.17 bits per heavy atom. The monoisotopic (exact) mass is 186 g/mol. The average Bonchev–Trinajstić information content (AvgIpc) is 2.26. The van der Waals surface area contributed by atoms with Crippen molar-refractivity contribution in [3.63, 3.8) is 0 Å². The van der Waals surface area contributed by atoms with Crippen molar-refractivity contribution in [2.75, 3.05) is 0 Å². The summed E-state index contributed by atoms with van der Waals surface area (Å²) in [6.07, 6.45) is 2.21. The molecule has 2 rings (SSSR count). The molecule has 70 valence electrons. The van der Waals surface area contributed by atoms with Gasteiger partial charge in [-0.2, -0.15) is 12.6 Å². The van der Waals surface area contributed by atoms with E-state index in [1.165, 1.54) is 12.8 Å².